The van der Waals surface area contributed by atoms with Crippen LogP contribution in [0.15, 0.2) is 30.5 Å². The molecule has 1 aromatic heterocycles. The van der Waals surface area contributed by atoms with Gasteiger partial charge < -0.3 is 15.0 Å². The number of carbonyl (C=O) groups is 2. The molecule has 2 heterocycles. The fourth-order valence-corrected chi connectivity index (χ4v) is 2.91. The van der Waals surface area contributed by atoms with E-state index in [1.165, 1.54) is 0 Å². The first-order chi connectivity index (χ1) is 10.2. The van der Waals surface area contributed by atoms with Crippen molar-refractivity contribution >= 4 is 23.3 Å². The molecule has 6 heteroatoms. The van der Waals surface area contributed by atoms with E-state index >= 15 is 0 Å². The van der Waals surface area contributed by atoms with E-state index in [2.05, 4.69) is 4.98 Å². The molecule has 2 N–H and O–H groups in total. The number of H-pyrrole nitrogens is 1. The summed E-state index contributed by atoms with van der Waals surface area (Å²) in [5.74, 6) is -0.862. The van der Waals surface area contributed by atoms with Crippen LogP contribution in [0, 0.1) is 0 Å². The maximum Gasteiger partial charge on any atom is 0.325 e. The van der Waals surface area contributed by atoms with Crippen LogP contribution in [0.2, 0.25) is 0 Å². The van der Waals surface area contributed by atoms with Crippen molar-refractivity contribution in [2.45, 2.75) is 6.04 Å². The Hall–Kier alpha value is -2.34. The lowest BCUT2D eigenvalue weighted by molar-refractivity contribution is -0.144. The van der Waals surface area contributed by atoms with Gasteiger partial charge in [0.05, 0.1) is 0 Å². The Bertz CT molecular complexity index is 659. The number of para-hydroxylation sites is 1. The summed E-state index contributed by atoms with van der Waals surface area (Å²) in [7, 11) is 0. The van der Waals surface area contributed by atoms with E-state index in [9.17, 15) is 14.7 Å². The summed E-state index contributed by atoms with van der Waals surface area (Å²) < 4.78 is 0. The first-order valence-corrected chi connectivity index (χ1v) is 6.93. The van der Waals surface area contributed by atoms with Crippen LogP contribution in [0.5, 0.6) is 0 Å². The minimum atomic E-state index is -0.862. The number of nitrogens with zero attached hydrogens (tertiary/aromatic N) is 2. The molecule has 0 aliphatic carbocycles. The van der Waals surface area contributed by atoms with Crippen LogP contribution >= 0.6 is 0 Å². The number of nitrogens with one attached hydrogen (secondary N) is 1. The zero-order valence-electron chi connectivity index (χ0n) is 11.5. The van der Waals surface area contributed by atoms with Crippen LogP contribution in [0.1, 0.15) is 11.6 Å². The smallest absolute Gasteiger partial charge is 0.325 e. The Balaban J connectivity index is 1.92. The summed E-state index contributed by atoms with van der Waals surface area (Å²) in [6, 6.07) is 7.00. The fourth-order valence-electron chi connectivity index (χ4n) is 2.91. The number of amides is 1. The first kappa shape index (κ1) is 13.6. The normalized spacial score (nSPS) is 17.8. The van der Waals surface area contributed by atoms with Gasteiger partial charge in [-0.15, -0.1) is 0 Å². The van der Waals surface area contributed by atoms with E-state index in [1.807, 2.05) is 29.2 Å². The maximum absolute atomic E-state index is 11.8. The lowest BCUT2D eigenvalue weighted by Gasteiger charge is -2.36. The van der Waals surface area contributed by atoms with Crippen LogP contribution in [-0.4, -0.2) is 58.4 Å². The van der Waals surface area contributed by atoms with E-state index < -0.39 is 12.0 Å². The van der Waals surface area contributed by atoms with E-state index in [0.29, 0.717) is 26.2 Å². The standard InChI is InChI=1S/C15H17N3O3/c19-10-17-5-7-18(8-6-17)14(15(20)21)12-9-16-13-4-2-1-3-11(12)13/h1-4,9-10,14,16H,5-8H2,(H,20,21)/t14-/m0/s1. The summed E-state index contributed by atoms with van der Waals surface area (Å²) in [6.07, 6.45) is 2.59. The molecule has 1 amide bonds. The van der Waals surface area contributed by atoms with Gasteiger partial charge in [-0.05, 0) is 6.07 Å². The van der Waals surface area contributed by atoms with Gasteiger partial charge >= 0.3 is 5.97 Å². The van der Waals surface area contributed by atoms with Gasteiger partial charge in [0, 0.05) is 48.8 Å². The summed E-state index contributed by atoms with van der Waals surface area (Å²) >= 11 is 0. The number of carbonyl (C=O) groups excluding carboxylic acids is 1. The lowest BCUT2D eigenvalue weighted by atomic mass is 10.0. The van der Waals surface area contributed by atoms with Crippen LogP contribution in [0.4, 0.5) is 0 Å². The molecular weight excluding hydrogens is 270 g/mol. The van der Waals surface area contributed by atoms with Gasteiger partial charge in [-0.1, -0.05) is 18.2 Å². The predicted molar refractivity (Wildman–Crippen MR) is 77.9 cm³/mol. The summed E-state index contributed by atoms with van der Waals surface area (Å²) in [6.45, 7) is 2.26. The summed E-state index contributed by atoms with van der Waals surface area (Å²) in [5.41, 5.74) is 1.71. The Morgan fingerprint density at radius 3 is 2.62 bits per heavy atom. The number of carboxylic acid groups (broad SMARTS) is 1. The number of aromatic amines is 1. The van der Waals surface area contributed by atoms with Gasteiger partial charge in [0.2, 0.25) is 6.41 Å². The summed E-state index contributed by atoms with van der Waals surface area (Å²) in [5, 5.41) is 10.6. The van der Waals surface area contributed by atoms with Crippen molar-refractivity contribution < 1.29 is 14.7 Å². The first-order valence-electron chi connectivity index (χ1n) is 6.93. The second-order valence-electron chi connectivity index (χ2n) is 5.21. The number of piperazine rings is 1. The molecule has 1 fully saturated rings. The molecule has 3 rings (SSSR count). The predicted octanol–water partition coefficient (Wildman–Crippen LogP) is 1.07. The monoisotopic (exact) mass is 287 g/mol. The van der Waals surface area contributed by atoms with Crippen molar-refractivity contribution in [3.63, 3.8) is 0 Å². The number of benzene rings is 1. The topological polar surface area (TPSA) is 76.6 Å². The molecule has 1 atom stereocenters. The Morgan fingerprint density at radius 1 is 1.24 bits per heavy atom. The third-order valence-corrected chi connectivity index (χ3v) is 4.01. The Labute approximate surface area is 122 Å². The molecule has 1 aliphatic heterocycles. The van der Waals surface area contributed by atoms with Crippen molar-refractivity contribution in [2.75, 3.05) is 26.2 Å². The van der Waals surface area contributed by atoms with Crippen molar-refractivity contribution in [1.29, 1.82) is 0 Å². The highest BCUT2D eigenvalue weighted by atomic mass is 16.4. The summed E-state index contributed by atoms with van der Waals surface area (Å²) in [4.78, 5) is 29.2. The van der Waals surface area contributed by atoms with E-state index in [0.717, 1.165) is 22.9 Å². The van der Waals surface area contributed by atoms with Crippen molar-refractivity contribution in [2.24, 2.45) is 0 Å². The quantitative estimate of drug-likeness (QED) is 0.825. The zero-order valence-corrected chi connectivity index (χ0v) is 11.5. The van der Waals surface area contributed by atoms with E-state index in [1.54, 1.807) is 11.1 Å². The number of rotatable bonds is 4. The van der Waals surface area contributed by atoms with Crippen LogP contribution < -0.4 is 0 Å². The SMILES string of the molecule is O=CN1CCN([C@H](C(=O)O)c2c[nH]c3ccccc23)CC1. The Morgan fingerprint density at radius 2 is 1.95 bits per heavy atom. The van der Waals surface area contributed by atoms with Gasteiger partial charge in [-0.3, -0.25) is 14.5 Å². The molecule has 1 aromatic carbocycles. The van der Waals surface area contributed by atoms with Crippen molar-refractivity contribution in [1.82, 2.24) is 14.8 Å². The number of aliphatic carboxylic acids is 1. The average Bonchev–Trinajstić information content (AvgIpc) is 2.92. The molecule has 0 radical (unpaired) electrons. The van der Waals surface area contributed by atoms with Crippen LogP contribution in [-0.2, 0) is 9.59 Å². The molecule has 21 heavy (non-hydrogen) atoms. The highest BCUT2D eigenvalue weighted by Crippen LogP contribution is 2.29. The number of fused-ring (bicyclic) bond motifs is 1. The molecule has 0 spiro atoms. The minimum absolute atomic E-state index is 0.565. The second kappa shape index (κ2) is 5.57. The van der Waals surface area contributed by atoms with Crippen molar-refractivity contribution in [3.8, 4) is 0 Å². The van der Waals surface area contributed by atoms with E-state index in [4.69, 9.17) is 0 Å². The largest absolute Gasteiger partial charge is 0.480 e. The highest BCUT2D eigenvalue weighted by molar-refractivity contribution is 5.89. The molecule has 2 aromatic rings. The van der Waals surface area contributed by atoms with Crippen LogP contribution in [0.3, 0.4) is 0 Å². The molecule has 6 nitrogen and oxygen atoms in total. The lowest BCUT2D eigenvalue weighted by Crippen LogP contribution is -2.48. The molecule has 110 valence electrons. The number of hydrogen-bond acceptors (Lipinski definition) is 3. The second-order valence-corrected chi connectivity index (χ2v) is 5.21. The Kier molecular flexibility index (Phi) is 3.62. The van der Waals surface area contributed by atoms with E-state index in [-0.39, 0.29) is 0 Å². The number of hydrogen-bond donors (Lipinski definition) is 2. The molecule has 0 saturated carbocycles. The van der Waals surface area contributed by atoms with Gasteiger partial charge in [-0.2, -0.15) is 0 Å². The molecule has 1 aliphatic rings. The third-order valence-electron chi connectivity index (χ3n) is 4.01. The fraction of sp³-hybridized carbons (Fsp3) is 0.333. The third kappa shape index (κ3) is 2.50. The molecule has 0 unspecified atom stereocenters. The minimum Gasteiger partial charge on any atom is -0.480 e. The van der Waals surface area contributed by atoms with Gasteiger partial charge in [0.1, 0.15) is 6.04 Å². The average molecular weight is 287 g/mol. The number of aromatic nitrogens is 1. The van der Waals surface area contributed by atoms with Gasteiger partial charge in [0.25, 0.3) is 0 Å². The van der Waals surface area contributed by atoms with Gasteiger partial charge in [0.15, 0.2) is 0 Å². The zero-order chi connectivity index (χ0) is 14.8. The number of carboxylic acids is 1. The van der Waals surface area contributed by atoms with Gasteiger partial charge in [-0.25, -0.2) is 0 Å². The molecule has 0 bridgehead atoms. The molecule has 1 saturated heterocycles. The highest BCUT2D eigenvalue weighted by Gasteiger charge is 2.31. The van der Waals surface area contributed by atoms with Crippen molar-refractivity contribution in [3.05, 3.63) is 36.0 Å². The maximum atomic E-state index is 11.8. The van der Waals surface area contributed by atoms with Crippen LogP contribution in [0.25, 0.3) is 10.9 Å². The molecular formula is C15H17N3O3.